The van der Waals surface area contributed by atoms with Gasteiger partial charge in [0, 0.05) is 12.1 Å². The second-order valence-corrected chi connectivity index (χ2v) is 5.16. The monoisotopic (exact) mass is 296 g/mol. The number of hydrogen-bond acceptors (Lipinski definition) is 2. The number of carbonyl (C=O) groups is 2. The molecule has 0 aliphatic heterocycles. The Bertz CT molecular complexity index is 611. The molecule has 0 radical (unpaired) electrons. The van der Waals surface area contributed by atoms with Gasteiger partial charge < -0.3 is 10.6 Å². The highest BCUT2D eigenvalue weighted by molar-refractivity contribution is 5.96. The Morgan fingerprint density at radius 3 is 2.14 bits per heavy atom. The maximum absolute atomic E-state index is 11.8. The summed E-state index contributed by atoms with van der Waals surface area (Å²) < 4.78 is 0. The highest BCUT2D eigenvalue weighted by atomic mass is 16.2. The number of carbonyl (C=O) groups excluding carboxylic acids is 2. The van der Waals surface area contributed by atoms with Gasteiger partial charge in [-0.1, -0.05) is 55.5 Å². The molecule has 0 fully saturated rings. The SMILES string of the molecule is CC(CNC(=O)CNC(=O)c1ccccc1)c1ccccc1. The Morgan fingerprint density at radius 1 is 0.909 bits per heavy atom. The van der Waals surface area contributed by atoms with E-state index >= 15 is 0 Å². The van der Waals surface area contributed by atoms with Crippen LogP contribution in [0.3, 0.4) is 0 Å². The van der Waals surface area contributed by atoms with E-state index < -0.39 is 0 Å². The molecular formula is C18H20N2O2. The van der Waals surface area contributed by atoms with Crippen LogP contribution in [-0.2, 0) is 4.79 Å². The molecule has 2 aromatic rings. The predicted molar refractivity (Wildman–Crippen MR) is 86.6 cm³/mol. The summed E-state index contributed by atoms with van der Waals surface area (Å²) in [6, 6.07) is 18.8. The van der Waals surface area contributed by atoms with Crippen molar-refractivity contribution in [3.8, 4) is 0 Å². The summed E-state index contributed by atoms with van der Waals surface area (Å²) in [7, 11) is 0. The minimum Gasteiger partial charge on any atom is -0.354 e. The first-order chi connectivity index (χ1) is 10.7. The lowest BCUT2D eigenvalue weighted by molar-refractivity contribution is -0.120. The maximum Gasteiger partial charge on any atom is 0.251 e. The topological polar surface area (TPSA) is 58.2 Å². The summed E-state index contributed by atoms with van der Waals surface area (Å²) in [6.07, 6.45) is 0. The van der Waals surface area contributed by atoms with E-state index in [1.807, 2.05) is 36.4 Å². The molecule has 0 aromatic heterocycles. The van der Waals surface area contributed by atoms with Crippen molar-refractivity contribution >= 4 is 11.8 Å². The van der Waals surface area contributed by atoms with Crippen LogP contribution in [0.5, 0.6) is 0 Å². The van der Waals surface area contributed by atoms with Crippen molar-refractivity contribution in [1.82, 2.24) is 10.6 Å². The van der Waals surface area contributed by atoms with Gasteiger partial charge in [-0.25, -0.2) is 0 Å². The predicted octanol–water partition coefficient (Wildman–Crippen LogP) is 2.34. The van der Waals surface area contributed by atoms with Crippen LogP contribution in [0.2, 0.25) is 0 Å². The van der Waals surface area contributed by atoms with Gasteiger partial charge in [0.15, 0.2) is 0 Å². The largest absolute Gasteiger partial charge is 0.354 e. The van der Waals surface area contributed by atoms with Crippen LogP contribution >= 0.6 is 0 Å². The Kier molecular flexibility index (Phi) is 5.72. The van der Waals surface area contributed by atoms with E-state index in [-0.39, 0.29) is 24.3 Å². The molecule has 4 heteroatoms. The van der Waals surface area contributed by atoms with Gasteiger partial charge in [0.2, 0.25) is 5.91 Å². The molecule has 1 unspecified atom stereocenters. The normalized spacial score (nSPS) is 11.5. The molecule has 0 aliphatic rings. The van der Waals surface area contributed by atoms with Gasteiger partial charge in [0.1, 0.15) is 0 Å². The van der Waals surface area contributed by atoms with Gasteiger partial charge in [-0.05, 0) is 23.6 Å². The summed E-state index contributed by atoms with van der Waals surface area (Å²) in [4.78, 5) is 23.6. The lowest BCUT2D eigenvalue weighted by Gasteiger charge is -2.13. The zero-order chi connectivity index (χ0) is 15.8. The van der Waals surface area contributed by atoms with Gasteiger partial charge >= 0.3 is 0 Å². The molecule has 22 heavy (non-hydrogen) atoms. The molecule has 2 amide bonds. The minimum absolute atomic E-state index is 0.0186. The van der Waals surface area contributed by atoms with Crippen molar-refractivity contribution in [2.45, 2.75) is 12.8 Å². The average molecular weight is 296 g/mol. The van der Waals surface area contributed by atoms with E-state index in [0.29, 0.717) is 12.1 Å². The van der Waals surface area contributed by atoms with Crippen molar-refractivity contribution in [3.05, 3.63) is 71.8 Å². The van der Waals surface area contributed by atoms with Crippen molar-refractivity contribution < 1.29 is 9.59 Å². The van der Waals surface area contributed by atoms with E-state index in [1.54, 1.807) is 24.3 Å². The Balaban J connectivity index is 1.73. The van der Waals surface area contributed by atoms with Crippen LogP contribution in [0.4, 0.5) is 0 Å². The average Bonchev–Trinajstić information content (AvgIpc) is 2.59. The van der Waals surface area contributed by atoms with Crippen LogP contribution < -0.4 is 10.6 Å². The lowest BCUT2D eigenvalue weighted by Crippen LogP contribution is -2.38. The quantitative estimate of drug-likeness (QED) is 0.859. The van der Waals surface area contributed by atoms with Crippen LogP contribution in [0, 0.1) is 0 Å². The number of nitrogens with one attached hydrogen (secondary N) is 2. The van der Waals surface area contributed by atoms with Crippen molar-refractivity contribution in [2.24, 2.45) is 0 Å². The fourth-order valence-corrected chi connectivity index (χ4v) is 2.08. The van der Waals surface area contributed by atoms with E-state index in [2.05, 4.69) is 17.6 Å². The molecule has 0 saturated heterocycles. The molecule has 0 spiro atoms. The summed E-state index contributed by atoms with van der Waals surface area (Å²) in [5.41, 5.74) is 1.73. The molecule has 0 aliphatic carbocycles. The summed E-state index contributed by atoms with van der Waals surface area (Å²) in [5.74, 6) is -0.200. The molecule has 2 rings (SSSR count). The van der Waals surface area contributed by atoms with E-state index in [4.69, 9.17) is 0 Å². The standard InChI is InChI=1S/C18H20N2O2/c1-14(15-8-4-2-5-9-15)12-19-17(21)13-20-18(22)16-10-6-3-7-11-16/h2-11,14H,12-13H2,1H3,(H,19,21)(H,20,22). The second-order valence-electron chi connectivity index (χ2n) is 5.16. The second kappa shape index (κ2) is 7.98. The molecular weight excluding hydrogens is 276 g/mol. The molecule has 0 heterocycles. The zero-order valence-corrected chi connectivity index (χ0v) is 12.6. The van der Waals surface area contributed by atoms with Crippen LogP contribution in [0.1, 0.15) is 28.8 Å². The number of rotatable bonds is 6. The zero-order valence-electron chi connectivity index (χ0n) is 12.6. The maximum atomic E-state index is 11.8. The number of benzene rings is 2. The van der Waals surface area contributed by atoms with Crippen molar-refractivity contribution in [3.63, 3.8) is 0 Å². The van der Waals surface area contributed by atoms with E-state index in [9.17, 15) is 9.59 Å². The van der Waals surface area contributed by atoms with E-state index in [0.717, 1.165) is 0 Å². The fraction of sp³-hybridized carbons (Fsp3) is 0.222. The third-order valence-electron chi connectivity index (χ3n) is 3.42. The molecule has 114 valence electrons. The van der Waals surface area contributed by atoms with Crippen LogP contribution in [0.25, 0.3) is 0 Å². The highest BCUT2D eigenvalue weighted by Crippen LogP contribution is 2.12. The van der Waals surface area contributed by atoms with Gasteiger partial charge in [-0.2, -0.15) is 0 Å². The fourth-order valence-electron chi connectivity index (χ4n) is 2.08. The first-order valence-electron chi connectivity index (χ1n) is 7.31. The van der Waals surface area contributed by atoms with Gasteiger partial charge in [0.05, 0.1) is 6.54 Å². The summed E-state index contributed by atoms with van der Waals surface area (Å²) in [5, 5.41) is 5.45. The highest BCUT2D eigenvalue weighted by Gasteiger charge is 2.09. The molecule has 4 nitrogen and oxygen atoms in total. The van der Waals surface area contributed by atoms with E-state index in [1.165, 1.54) is 5.56 Å². The van der Waals surface area contributed by atoms with Crippen LogP contribution in [-0.4, -0.2) is 24.9 Å². The molecule has 0 saturated carbocycles. The lowest BCUT2D eigenvalue weighted by atomic mass is 10.0. The molecule has 0 bridgehead atoms. The molecule has 2 N–H and O–H groups in total. The molecule has 1 atom stereocenters. The first kappa shape index (κ1) is 15.8. The van der Waals surface area contributed by atoms with Gasteiger partial charge in [-0.15, -0.1) is 0 Å². The first-order valence-corrected chi connectivity index (χ1v) is 7.31. The van der Waals surface area contributed by atoms with Crippen molar-refractivity contribution in [1.29, 1.82) is 0 Å². The van der Waals surface area contributed by atoms with Crippen molar-refractivity contribution in [2.75, 3.05) is 13.1 Å². The third kappa shape index (κ3) is 4.74. The van der Waals surface area contributed by atoms with Gasteiger partial charge in [-0.3, -0.25) is 9.59 Å². The smallest absolute Gasteiger partial charge is 0.251 e. The Hall–Kier alpha value is -2.62. The summed E-state index contributed by atoms with van der Waals surface area (Å²) in [6.45, 7) is 2.58. The minimum atomic E-state index is -0.244. The Morgan fingerprint density at radius 2 is 1.50 bits per heavy atom. The number of amides is 2. The third-order valence-corrected chi connectivity index (χ3v) is 3.42. The van der Waals surface area contributed by atoms with Crippen LogP contribution in [0.15, 0.2) is 60.7 Å². The number of hydrogen-bond donors (Lipinski definition) is 2. The molecule has 2 aromatic carbocycles. The Labute approximate surface area is 130 Å². The van der Waals surface area contributed by atoms with Gasteiger partial charge in [0.25, 0.3) is 5.91 Å². The summed E-state index contributed by atoms with van der Waals surface area (Å²) >= 11 is 0.